The van der Waals surface area contributed by atoms with Gasteiger partial charge in [-0.1, -0.05) is 0 Å². The molecule has 0 saturated carbocycles. The maximum Gasteiger partial charge on any atom is 0.323 e. The molecule has 0 bridgehead atoms. The summed E-state index contributed by atoms with van der Waals surface area (Å²) in [6.45, 7) is 0.790. The SMILES string of the molecule is C[C@@H]1OC(NC(CO)C(=O)O)[C@H](O)[C@H](O)[C@H]1O. The predicted molar refractivity (Wildman–Crippen MR) is 54.0 cm³/mol. The molecule has 0 aromatic rings. The van der Waals surface area contributed by atoms with Crippen molar-refractivity contribution >= 4 is 5.97 Å². The highest BCUT2D eigenvalue weighted by molar-refractivity contribution is 5.73. The van der Waals surface area contributed by atoms with Gasteiger partial charge in [-0.05, 0) is 6.92 Å². The van der Waals surface area contributed by atoms with E-state index in [9.17, 15) is 20.1 Å². The molecule has 8 nitrogen and oxygen atoms in total. The summed E-state index contributed by atoms with van der Waals surface area (Å²) >= 11 is 0. The molecule has 1 saturated heterocycles. The second-order valence-corrected chi connectivity index (χ2v) is 3.97. The lowest BCUT2D eigenvalue weighted by atomic mass is 9.99. The number of ether oxygens (including phenoxy) is 1. The highest BCUT2D eigenvalue weighted by atomic mass is 16.5. The first kappa shape index (κ1) is 14.3. The summed E-state index contributed by atoms with van der Waals surface area (Å²) < 4.78 is 5.12. The minimum Gasteiger partial charge on any atom is -0.480 e. The Kier molecular flexibility index (Phi) is 4.80. The van der Waals surface area contributed by atoms with Crippen molar-refractivity contribution in [2.24, 2.45) is 0 Å². The summed E-state index contributed by atoms with van der Waals surface area (Å²) in [5.41, 5.74) is 0. The lowest BCUT2D eigenvalue weighted by molar-refractivity contribution is -0.227. The second-order valence-electron chi connectivity index (χ2n) is 3.97. The fraction of sp³-hybridized carbons (Fsp3) is 0.889. The minimum absolute atomic E-state index is 0.686. The fourth-order valence-electron chi connectivity index (χ4n) is 1.59. The van der Waals surface area contributed by atoms with Crippen LogP contribution < -0.4 is 5.32 Å². The lowest BCUT2D eigenvalue weighted by Crippen LogP contribution is -2.63. The van der Waals surface area contributed by atoms with Gasteiger partial charge in [0.05, 0.1) is 12.7 Å². The van der Waals surface area contributed by atoms with Gasteiger partial charge in [0, 0.05) is 0 Å². The van der Waals surface area contributed by atoms with Gasteiger partial charge in [-0.15, -0.1) is 0 Å². The number of nitrogens with one attached hydrogen (secondary N) is 1. The van der Waals surface area contributed by atoms with E-state index in [1.54, 1.807) is 0 Å². The summed E-state index contributed by atoms with van der Waals surface area (Å²) in [5, 5.41) is 48.3. The molecule has 6 N–H and O–H groups in total. The Morgan fingerprint density at radius 1 is 1.29 bits per heavy atom. The Hall–Kier alpha value is -0.770. The Balaban J connectivity index is 2.67. The van der Waals surface area contributed by atoms with Crippen molar-refractivity contribution in [3.63, 3.8) is 0 Å². The Bertz CT molecular complexity index is 274. The van der Waals surface area contributed by atoms with Crippen LogP contribution in [-0.2, 0) is 9.53 Å². The van der Waals surface area contributed by atoms with Gasteiger partial charge in [0.25, 0.3) is 0 Å². The van der Waals surface area contributed by atoms with E-state index in [0.717, 1.165) is 0 Å². The number of aliphatic hydroxyl groups excluding tert-OH is 4. The smallest absolute Gasteiger partial charge is 0.323 e. The third-order valence-corrected chi connectivity index (χ3v) is 2.70. The van der Waals surface area contributed by atoms with Gasteiger partial charge in [-0.3, -0.25) is 10.1 Å². The summed E-state index contributed by atoms with van der Waals surface area (Å²) in [4.78, 5) is 10.7. The topological polar surface area (TPSA) is 139 Å². The van der Waals surface area contributed by atoms with Crippen molar-refractivity contribution in [3.8, 4) is 0 Å². The number of hydrogen-bond acceptors (Lipinski definition) is 7. The zero-order valence-electron chi connectivity index (χ0n) is 9.22. The molecule has 100 valence electrons. The van der Waals surface area contributed by atoms with E-state index in [4.69, 9.17) is 14.9 Å². The van der Waals surface area contributed by atoms with Crippen molar-refractivity contribution in [1.29, 1.82) is 0 Å². The van der Waals surface area contributed by atoms with Gasteiger partial charge >= 0.3 is 5.97 Å². The largest absolute Gasteiger partial charge is 0.480 e. The molecule has 6 atom stereocenters. The quantitative estimate of drug-likeness (QED) is 0.308. The van der Waals surface area contributed by atoms with Crippen LogP contribution in [0.25, 0.3) is 0 Å². The molecule has 0 aromatic carbocycles. The lowest BCUT2D eigenvalue weighted by Gasteiger charge is -2.40. The monoisotopic (exact) mass is 251 g/mol. The molecule has 8 heteroatoms. The van der Waals surface area contributed by atoms with Gasteiger partial charge in [-0.25, -0.2) is 0 Å². The molecule has 2 unspecified atom stereocenters. The van der Waals surface area contributed by atoms with Gasteiger partial charge in [0.2, 0.25) is 0 Å². The number of aliphatic hydroxyl groups is 4. The molecule has 1 fully saturated rings. The van der Waals surface area contributed by atoms with E-state index in [-0.39, 0.29) is 0 Å². The van der Waals surface area contributed by atoms with Crippen LogP contribution in [0.4, 0.5) is 0 Å². The van der Waals surface area contributed by atoms with Gasteiger partial charge in [0.15, 0.2) is 0 Å². The highest BCUT2D eigenvalue weighted by Gasteiger charge is 2.42. The van der Waals surface area contributed by atoms with Gasteiger partial charge in [0.1, 0.15) is 30.6 Å². The third-order valence-electron chi connectivity index (χ3n) is 2.70. The Labute approximate surface area is 97.4 Å². The normalized spacial score (nSPS) is 39.9. The fourth-order valence-corrected chi connectivity index (χ4v) is 1.59. The summed E-state index contributed by atoms with van der Waals surface area (Å²) in [7, 11) is 0. The minimum atomic E-state index is -1.48. The number of aliphatic carboxylic acids is 1. The summed E-state index contributed by atoms with van der Waals surface area (Å²) in [6, 6.07) is -1.32. The van der Waals surface area contributed by atoms with Crippen molar-refractivity contribution in [1.82, 2.24) is 5.32 Å². The van der Waals surface area contributed by atoms with Gasteiger partial charge < -0.3 is 30.3 Å². The van der Waals surface area contributed by atoms with E-state index >= 15 is 0 Å². The average Bonchev–Trinajstić information content (AvgIpc) is 2.29. The third kappa shape index (κ3) is 3.12. The van der Waals surface area contributed by atoms with Gasteiger partial charge in [-0.2, -0.15) is 0 Å². The van der Waals surface area contributed by atoms with E-state index in [0.29, 0.717) is 0 Å². The standard InChI is InChI=1S/C9H17NO7/c1-3-5(12)6(13)7(14)8(17-3)10-4(2-11)9(15)16/h3-8,10-14H,2H2,1H3,(H,15,16)/t3-,4?,5-,6+,7+,8?/m0/s1. The average molecular weight is 251 g/mol. The van der Waals surface area contributed by atoms with Crippen LogP contribution in [0.2, 0.25) is 0 Å². The van der Waals surface area contributed by atoms with Crippen LogP contribution in [0, 0.1) is 0 Å². The second kappa shape index (κ2) is 5.71. The van der Waals surface area contributed by atoms with Crippen molar-refractivity contribution in [2.45, 2.75) is 43.6 Å². The maximum absolute atomic E-state index is 10.7. The molecular weight excluding hydrogens is 234 g/mol. The van der Waals surface area contributed by atoms with E-state index < -0.39 is 49.3 Å². The van der Waals surface area contributed by atoms with E-state index in [1.165, 1.54) is 6.92 Å². The number of rotatable bonds is 4. The molecule has 1 aliphatic rings. The molecule has 1 aliphatic heterocycles. The highest BCUT2D eigenvalue weighted by Crippen LogP contribution is 2.19. The zero-order valence-corrected chi connectivity index (χ0v) is 9.22. The molecule has 17 heavy (non-hydrogen) atoms. The Morgan fingerprint density at radius 2 is 1.88 bits per heavy atom. The molecule has 0 aliphatic carbocycles. The molecule has 0 amide bonds. The number of carboxylic acid groups (broad SMARTS) is 1. The molecule has 0 aromatic heterocycles. The van der Waals surface area contributed by atoms with Crippen LogP contribution in [0.1, 0.15) is 6.92 Å². The maximum atomic E-state index is 10.7. The van der Waals surface area contributed by atoms with Crippen LogP contribution in [0.15, 0.2) is 0 Å². The molecule has 0 radical (unpaired) electrons. The van der Waals surface area contributed by atoms with Crippen LogP contribution in [0.5, 0.6) is 0 Å². The van der Waals surface area contributed by atoms with Crippen LogP contribution in [-0.4, -0.2) is 74.8 Å². The molecular formula is C9H17NO7. The van der Waals surface area contributed by atoms with Crippen molar-refractivity contribution in [2.75, 3.05) is 6.61 Å². The number of carbonyl (C=O) groups is 1. The van der Waals surface area contributed by atoms with E-state index in [2.05, 4.69) is 5.32 Å². The first-order chi connectivity index (χ1) is 7.88. The van der Waals surface area contributed by atoms with Crippen LogP contribution in [0.3, 0.4) is 0 Å². The number of carboxylic acids is 1. The Morgan fingerprint density at radius 3 is 2.35 bits per heavy atom. The first-order valence-corrected chi connectivity index (χ1v) is 5.17. The zero-order chi connectivity index (χ0) is 13.2. The molecule has 0 spiro atoms. The number of hydrogen-bond donors (Lipinski definition) is 6. The molecule has 1 heterocycles. The summed E-state index contributed by atoms with van der Waals surface area (Å²) in [5.74, 6) is -1.31. The first-order valence-electron chi connectivity index (χ1n) is 5.17. The molecule has 1 rings (SSSR count). The van der Waals surface area contributed by atoms with Crippen molar-refractivity contribution < 1.29 is 35.1 Å². The van der Waals surface area contributed by atoms with Crippen molar-refractivity contribution in [3.05, 3.63) is 0 Å². The summed E-state index contributed by atoms with van der Waals surface area (Å²) in [6.07, 6.45) is -6.10. The predicted octanol–water partition coefficient (Wildman–Crippen LogP) is -3.15. The van der Waals surface area contributed by atoms with E-state index in [1.807, 2.05) is 0 Å². The van der Waals surface area contributed by atoms with Crippen LogP contribution >= 0.6 is 0 Å².